The number of hydrogen-bond donors (Lipinski definition) is 1. The maximum atomic E-state index is 5.67. The molecule has 0 atom stereocenters. The summed E-state index contributed by atoms with van der Waals surface area (Å²) in [4.78, 5) is 4.62. The fraction of sp³-hybridized carbons (Fsp3) is 0.438. The number of pyridine rings is 1. The van der Waals surface area contributed by atoms with Crippen LogP contribution in [0.5, 0.6) is 11.5 Å². The first-order valence-corrected chi connectivity index (χ1v) is 7.13. The van der Waals surface area contributed by atoms with Gasteiger partial charge in [-0.25, -0.2) is 0 Å². The van der Waals surface area contributed by atoms with E-state index in [0.717, 1.165) is 33.8 Å². The van der Waals surface area contributed by atoms with E-state index < -0.39 is 0 Å². The molecule has 0 unspecified atom stereocenters. The number of methoxy groups -OCH3 is 1. The predicted molar refractivity (Wildman–Crippen MR) is 84.3 cm³/mol. The Morgan fingerprint density at radius 3 is 2.29 bits per heavy atom. The van der Waals surface area contributed by atoms with Crippen LogP contribution < -0.4 is 14.8 Å². The van der Waals surface area contributed by atoms with Crippen LogP contribution in [0, 0.1) is 0 Å². The number of fused-ring (bicyclic) bond motifs is 1. The average molecular weight is 290 g/mol. The minimum atomic E-state index is 0.474. The molecule has 1 heterocycles. The van der Waals surface area contributed by atoms with Crippen LogP contribution in [0.15, 0.2) is 18.2 Å². The second kappa shape index (κ2) is 7.13. The third-order valence-electron chi connectivity index (χ3n) is 3.09. The minimum absolute atomic E-state index is 0.474. The first-order valence-electron chi connectivity index (χ1n) is 7.13. The summed E-state index contributed by atoms with van der Waals surface area (Å²) in [6, 6.07) is 5.88. The summed E-state index contributed by atoms with van der Waals surface area (Å²) in [5.74, 6) is 1.46. The van der Waals surface area contributed by atoms with Crippen molar-refractivity contribution in [3.8, 4) is 11.5 Å². The highest BCUT2D eigenvalue weighted by atomic mass is 16.5. The smallest absolute Gasteiger partial charge is 0.163 e. The number of hydrogen-bond acceptors (Lipinski definition) is 5. The second-order valence-electron chi connectivity index (χ2n) is 4.53. The molecule has 114 valence electrons. The summed E-state index contributed by atoms with van der Waals surface area (Å²) in [5.41, 5.74) is 2.73. The third-order valence-corrected chi connectivity index (χ3v) is 3.09. The molecule has 2 rings (SSSR count). The van der Waals surface area contributed by atoms with Crippen molar-refractivity contribution in [1.82, 2.24) is 4.98 Å². The number of nitrogens with zero attached hydrogens (tertiary/aromatic N) is 1. The molecule has 1 aromatic heterocycles. The van der Waals surface area contributed by atoms with Gasteiger partial charge < -0.3 is 19.5 Å². The summed E-state index contributed by atoms with van der Waals surface area (Å²) < 4.78 is 16.5. The Hall–Kier alpha value is -2.01. The van der Waals surface area contributed by atoms with Crippen LogP contribution in [0.3, 0.4) is 0 Å². The SMILES string of the molecule is CCOc1cc2nc(COC)cc(NC)c2cc1OCC. The zero-order valence-corrected chi connectivity index (χ0v) is 13.0. The number of anilines is 1. The summed E-state index contributed by atoms with van der Waals surface area (Å²) >= 11 is 0. The van der Waals surface area contributed by atoms with Crippen molar-refractivity contribution in [2.24, 2.45) is 0 Å². The maximum Gasteiger partial charge on any atom is 0.163 e. The topological polar surface area (TPSA) is 52.6 Å². The Kier molecular flexibility index (Phi) is 5.22. The molecule has 0 radical (unpaired) electrons. The van der Waals surface area contributed by atoms with Gasteiger partial charge in [-0.1, -0.05) is 0 Å². The molecule has 21 heavy (non-hydrogen) atoms. The molecule has 0 aliphatic rings. The van der Waals surface area contributed by atoms with Gasteiger partial charge in [-0.15, -0.1) is 0 Å². The number of rotatable bonds is 7. The molecule has 0 saturated heterocycles. The van der Waals surface area contributed by atoms with Crippen LogP contribution in [-0.4, -0.2) is 32.4 Å². The Bertz CT molecular complexity index is 614. The largest absolute Gasteiger partial charge is 0.490 e. The van der Waals surface area contributed by atoms with E-state index in [1.54, 1.807) is 7.11 Å². The molecule has 0 saturated carbocycles. The molecule has 1 aromatic carbocycles. The standard InChI is InChI=1S/C16H22N2O3/c1-5-20-15-8-12-13(17-3)7-11(10-19-4)18-14(12)9-16(15)21-6-2/h7-9H,5-6,10H2,1-4H3,(H,17,18). The summed E-state index contributed by atoms with van der Waals surface area (Å²) in [5, 5.41) is 4.20. The van der Waals surface area contributed by atoms with E-state index in [0.29, 0.717) is 19.8 Å². The van der Waals surface area contributed by atoms with Crippen molar-refractivity contribution < 1.29 is 14.2 Å². The highest BCUT2D eigenvalue weighted by Gasteiger charge is 2.12. The monoisotopic (exact) mass is 290 g/mol. The third kappa shape index (κ3) is 3.36. The van der Waals surface area contributed by atoms with E-state index >= 15 is 0 Å². The molecule has 0 spiro atoms. The van der Waals surface area contributed by atoms with Gasteiger partial charge in [0.05, 0.1) is 31.0 Å². The van der Waals surface area contributed by atoms with E-state index in [9.17, 15) is 0 Å². The number of aromatic nitrogens is 1. The van der Waals surface area contributed by atoms with Gasteiger partial charge >= 0.3 is 0 Å². The van der Waals surface area contributed by atoms with E-state index in [2.05, 4.69) is 10.3 Å². The lowest BCUT2D eigenvalue weighted by atomic mass is 10.1. The van der Waals surface area contributed by atoms with Crippen LogP contribution in [0.25, 0.3) is 10.9 Å². The number of benzene rings is 1. The molecule has 0 aliphatic carbocycles. The van der Waals surface area contributed by atoms with Crippen molar-refractivity contribution in [3.63, 3.8) is 0 Å². The molecule has 2 aromatic rings. The van der Waals surface area contributed by atoms with Crippen molar-refractivity contribution in [3.05, 3.63) is 23.9 Å². The van der Waals surface area contributed by atoms with Crippen molar-refractivity contribution in [1.29, 1.82) is 0 Å². The molecule has 0 amide bonds. The Balaban J connectivity index is 2.61. The lowest BCUT2D eigenvalue weighted by Crippen LogP contribution is -2.01. The average Bonchev–Trinajstić information content (AvgIpc) is 2.48. The minimum Gasteiger partial charge on any atom is -0.490 e. The fourth-order valence-electron chi connectivity index (χ4n) is 2.25. The molecule has 5 heteroatoms. The van der Waals surface area contributed by atoms with Gasteiger partial charge in [0.1, 0.15) is 0 Å². The predicted octanol–water partition coefficient (Wildman–Crippen LogP) is 3.22. The fourth-order valence-corrected chi connectivity index (χ4v) is 2.25. The highest BCUT2D eigenvalue weighted by Crippen LogP contribution is 2.35. The van der Waals surface area contributed by atoms with Crippen LogP contribution in [0.4, 0.5) is 5.69 Å². The number of ether oxygens (including phenoxy) is 3. The quantitative estimate of drug-likeness (QED) is 0.848. The molecule has 0 aliphatic heterocycles. The zero-order chi connectivity index (χ0) is 15.2. The van der Waals surface area contributed by atoms with Crippen LogP contribution in [0.2, 0.25) is 0 Å². The number of nitrogens with one attached hydrogen (secondary N) is 1. The van der Waals surface area contributed by atoms with Crippen LogP contribution in [-0.2, 0) is 11.3 Å². The Morgan fingerprint density at radius 2 is 1.71 bits per heavy atom. The Labute approximate surface area is 125 Å². The van der Waals surface area contributed by atoms with Gasteiger partial charge in [0.15, 0.2) is 11.5 Å². The summed E-state index contributed by atoms with van der Waals surface area (Å²) in [6.07, 6.45) is 0. The lowest BCUT2D eigenvalue weighted by molar-refractivity contribution is 0.182. The summed E-state index contributed by atoms with van der Waals surface area (Å²) in [6.45, 7) is 5.56. The van der Waals surface area contributed by atoms with E-state index in [1.165, 1.54) is 0 Å². The van der Waals surface area contributed by atoms with Gasteiger partial charge in [0.25, 0.3) is 0 Å². The van der Waals surface area contributed by atoms with E-state index in [1.807, 2.05) is 39.1 Å². The highest BCUT2D eigenvalue weighted by molar-refractivity contribution is 5.93. The van der Waals surface area contributed by atoms with Crippen molar-refractivity contribution >= 4 is 16.6 Å². The van der Waals surface area contributed by atoms with Crippen molar-refractivity contribution in [2.45, 2.75) is 20.5 Å². The van der Waals surface area contributed by atoms with Gasteiger partial charge in [0.2, 0.25) is 0 Å². The first-order chi connectivity index (χ1) is 10.2. The molecular formula is C16H22N2O3. The molecule has 0 fully saturated rings. The summed E-state index contributed by atoms with van der Waals surface area (Å²) in [7, 11) is 3.55. The molecule has 1 N–H and O–H groups in total. The van der Waals surface area contributed by atoms with Gasteiger partial charge in [-0.3, -0.25) is 4.98 Å². The lowest BCUT2D eigenvalue weighted by Gasteiger charge is -2.14. The van der Waals surface area contributed by atoms with Crippen LogP contribution in [0.1, 0.15) is 19.5 Å². The van der Waals surface area contributed by atoms with Crippen LogP contribution >= 0.6 is 0 Å². The van der Waals surface area contributed by atoms with E-state index in [4.69, 9.17) is 14.2 Å². The normalized spacial score (nSPS) is 10.7. The molecular weight excluding hydrogens is 268 g/mol. The second-order valence-corrected chi connectivity index (χ2v) is 4.53. The van der Waals surface area contributed by atoms with Gasteiger partial charge in [-0.05, 0) is 26.0 Å². The molecule has 0 bridgehead atoms. The molecule has 5 nitrogen and oxygen atoms in total. The van der Waals surface area contributed by atoms with Crippen molar-refractivity contribution in [2.75, 3.05) is 32.7 Å². The first kappa shape index (κ1) is 15.4. The van der Waals surface area contributed by atoms with E-state index in [-0.39, 0.29) is 0 Å². The maximum absolute atomic E-state index is 5.67. The van der Waals surface area contributed by atoms with Gasteiger partial charge in [-0.2, -0.15) is 0 Å². The zero-order valence-electron chi connectivity index (χ0n) is 13.0. The van der Waals surface area contributed by atoms with Gasteiger partial charge in [0, 0.05) is 31.3 Å². The Morgan fingerprint density at radius 1 is 1.05 bits per heavy atom.